The van der Waals surface area contributed by atoms with Crippen LogP contribution in [0.15, 0.2) is 36.7 Å². The van der Waals surface area contributed by atoms with Crippen molar-refractivity contribution in [2.45, 2.75) is 38.3 Å². The largest absolute Gasteiger partial charge is 0.481 e. The molecule has 35 heavy (non-hydrogen) atoms. The number of rotatable bonds is 5. The number of pyridine rings is 2. The van der Waals surface area contributed by atoms with E-state index < -0.39 is 11.7 Å². The summed E-state index contributed by atoms with van der Waals surface area (Å²) in [6.07, 6.45) is 4.37. The minimum Gasteiger partial charge on any atom is -0.481 e. The van der Waals surface area contributed by atoms with E-state index in [9.17, 15) is 14.4 Å². The molecule has 2 atom stereocenters. The number of carbonyl (C=O) groups is 1. The van der Waals surface area contributed by atoms with Gasteiger partial charge in [-0.3, -0.25) is 9.78 Å². The highest BCUT2D eigenvalue weighted by atomic mass is 19.1. The quantitative estimate of drug-likeness (QED) is 0.466. The first-order valence-electron chi connectivity index (χ1n) is 11.3. The molecule has 4 aromatic rings. The van der Waals surface area contributed by atoms with Crippen molar-refractivity contribution in [3.63, 3.8) is 0 Å². The van der Waals surface area contributed by atoms with Crippen molar-refractivity contribution in [2.75, 3.05) is 19.0 Å². The first-order valence-corrected chi connectivity index (χ1v) is 11.3. The maximum absolute atomic E-state index is 14.4. The molecule has 178 valence electrons. The lowest BCUT2D eigenvalue weighted by molar-refractivity contribution is -0.115. The van der Waals surface area contributed by atoms with Crippen molar-refractivity contribution in [2.24, 2.45) is 0 Å². The Kier molecular flexibility index (Phi) is 6.01. The van der Waals surface area contributed by atoms with Gasteiger partial charge >= 0.3 is 0 Å². The molecule has 4 heterocycles. The van der Waals surface area contributed by atoms with Gasteiger partial charge in [0.15, 0.2) is 5.82 Å². The number of amides is 1. The predicted molar refractivity (Wildman–Crippen MR) is 127 cm³/mol. The van der Waals surface area contributed by atoms with E-state index in [1.165, 1.54) is 13.3 Å². The number of hydrogen-bond donors (Lipinski definition) is 1. The molecule has 1 saturated heterocycles. The Hall–Kier alpha value is -4.10. The van der Waals surface area contributed by atoms with Crippen LogP contribution in [0.1, 0.15) is 37.2 Å². The molecule has 3 aromatic heterocycles. The van der Waals surface area contributed by atoms with Gasteiger partial charge in [0.2, 0.25) is 11.8 Å². The van der Waals surface area contributed by atoms with E-state index >= 15 is 0 Å². The van der Waals surface area contributed by atoms with Crippen LogP contribution >= 0.6 is 0 Å². The van der Waals surface area contributed by atoms with Gasteiger partial charge in [-0.25, -0.2) is 14.4 Å². The fourth-order valence-corrected chi connectivity index (χ4v) is 4.58. The lowest BCUT2D eigenvalue weighted by atomic mass is 10.0. The maximum Gasteiger partial charge on any atom is 0.232 e. The first kappa shape index (κ1) is 22.7. The second-order valence-corrected chi connectivity index (χ2v) is 8.52. The molecule has 9 nitrogen and oxygen atoms in total. The third kappa shape index (κ3) is 4.38. The van der Waals surface area contributed by atoms with E-state index in [0.29, 0.717) is 23.5 Å². The standard InChI is InChI=1S/C25H23FN6O3/c1-14-7-16(5-6-35-14)32-22(10-23(33)31-20-12-29-24(34-2)9-18(20)26)30-21-13-28-19-4-3-15(11-27)8-17(19)25(21)32/h3-4,8-9,12-14,16H,5-7,10H2,1-2H3,(H,31,33)/t14-,16-/m1/s1. The Morgan fingerprint density at radius 3 is 2.91 bits per heavy atom. The lowest BCUT2D eigenvalue weighted by Gasteiger charge is -2.30. The number of carbonyl (C=O) groups excluding carboxylic acids is 1. The van der Waals surface area contributed by atoms with Gasteiger partial charge in [-0.05, 0) is 38.0 Å². The summed E-state index contributed by atoms with van der Waals surface area (Å²) in [5.41, 5.74) is 2.67. The number of fused-ring (bicyclic) bond motifs is 3. The van der Waals surface area contributed by atoms with Gasteiger partial charge in [-0.1, -0.05) is 0 Å². The van der Waals surface area contributed by atoms with Crippen LogP contribution in [0.4, 0.5) is 10.1 Å². The van der Waals surface area contributed by atoms with Gasteiger partial charge in [0.05, 0.1) is 60.4 Å². The summed E-state index contributed by atoms with van der Waals surface area (Å²) in [6.45, 7) is 2.61. The zero-order chi connectivity index (χ0) is 24.5. The van der Waals surface area contributed by atoms with Crippen LogP contribution in [0.2, 0.25) is 0 Å². The summed E-state index contributed by atoms with van der Waals surface area (Å²) in [5, 5.41) is 12.8. The van der Waals surface area contributed by atoms with Gasteiger partial charge in [0.1, 0.15) is 11.3 Å². The van der Waals surface area contributed by atoms with Crippen molar-refractivity contribution in [3.05, 3.63) is 53.9 Å². The van der Waals surface area contributed by atoms with Gasteiger partial charge in [-0.15, -0.1) is 0 Å². The van der Waals surface area contributed by atoms with E-state index in [1.54, 1.807) is 18.3 Å². The van der Waals surface area contributed by atoms with Crippen molar-refractivity contribution < 1.29 is 18.7 Å². The minimum absolute atomic E-state index is 0.0380. The molecule has 1 aliphatic heterocycles. The van der Waals surface area contributed by atoms with Crippen LogP contribution in [0.5, 0.6) is 5.88 Å². The molecule has 1 aliphatic rings. The van der Waals surface area contributed by atoms with Gasteiger partial charge < -0.3 is 19.4 Å². The molecule has 0 bridgehead atoms. The number of benzene rings is 1. The number of anilines is 1. The van der Waals surface area contributed by atoms with Crippen LogP contribution in [0.3, 0.4) is 0 Å². The zero-order valence-corrected chi connectivity index (χ0v) is 19.3. The van der Waals surface area contributed by atoms with Crippen LogP contribution in [-0.4, -0.2) is 45.2 Å². The molecule has 1 aromatic carbocycles. The number of hydrogen-bond acceptors (Lipinski definition) is 7. The summed E-state index contributed by atoms with van der Waals surface area (Å²) >= 11 is 0. The molecule has 0 aliphatic carbocycles. The third-order valence-electron chi connectivity index (χ3n) is 6.17. The average molecular weight is 474 g/mol. The van der Waals surface area contributed by atoms with Crippen molar-refractivity contribution >= 4 is 33.5 Å². The zero-order valence-electron chi connectivity index (χ0n) is 19.3. The summed E-state index contributed by atoms with van der Waals surface area (Å²) in [6, 6.07) is 8.67. The molecule has 0 saturated carbocycles. The number of halogens is 1. The van der Waals surface area contributed by atoms with Crippen molar-refractivity contribution in [1.82, 2.24) is 19.5 Å². The van der Waals surface area contributed by atoms with E-state index in [1.807, 2.05) is 13.0 Å². The number of nitriles is 1. The summed E-state index contributed by atoms with van der Waals surface area (Å²) in [7, 11) is 1.39. The molecular formula is C25H23FN6O3. The highest BCUT2D eigenvalue weighted by Crippen LogP contribution is 2.34. The Morgan fingerprint density at radius 1 is 1.31 bits per heavy atom. The smallest absolute Gasteiger partial charge is 0.232 e. The van der Waals surface area contributed by atoms with Gasteiger partial charge in [0, 0.05) is 24.1 Å². The van der Waals surface area contributed by atoms with Crippen LogP contribution in [-0.2, 0) is 16.0 Å². The van der Waals surface area contributed by atoms with Crippen LogP contribution in [0, 0.1) is 17.1 Å². The molecule has 0 unspecified atom stereocenters. The third-order valence-corrected chi connectivity index (χ3v) is 6.17. The van der Waals surface area contributed by atoms with E-state index in [-0.39, 0.29) is 30.1 Å². The summed E-state index contributed by atoms with van der Waals surface area (Å²) in [4.78, 5) is 26.1. The number of aromatic nitrogens is 4. The van der Waals surface area contributed by atoms with E-state index in [2.05, 4.69) is 25.9 Å². The highest BCUT2D eigenvalue weighted by Gasteiger charge is 2.27. The van der Waals surface area contributed by atoms with Crippen molar-refractivity contribution in [3.8, 4) is 11.9 Å². The number of imidazole rings is 1. The molecule has 0 spiro atoms. The maximum atomic E-state index is 14.4. The van der Waals surface area contributed by atoms with Crippen LogP contribution < -0.4 is 10.1 Å². The number of nitrogens with one attached hydrogen (secondary N) is 1. The normalized spacial score (nSPS) is 17.9. The average Bonchev–Trinajstić information content (AvgIpc) is 3.23. The van der Waals surface area contributed by atoms with E-state index in [4.69, 9.17) is 14.5 Å². The van der Waals surface area contributed by atoms with Crippen LogP contribution in [0.25, 0.3) is 21.9 Å². The second-order valence-electron chi connectivity index (χ2n) is 8.52. The fraction of sp³-hybridized carbons (Fsp3) is 0.320. The molecule has 1 N–H and O–H groups in total. The second kappa shape index (κ2) is 9.27. The lowest BCUT2D eigenvalue weighted by Crippen LogP contribution is -2.27. The molecular weight excluding hydrogens is 451 g/mol. The Balaban J connectivity index is 1.57. The first-order chi connectivity index (χ1) is 17.0. The van der Waals surface area contributed by atoms with Gasteiger partial charge in [-0.2, -0.15) is 5.26 Å². The molecule has 0 radical (unpaired) electrons. The fourth-order valence-electron chi connectivity index (χ4n) is 4.58. The Labute approximate surface area is 200 Å². The Morgan fingerprint density at radius 2 is 2.17 bits per heavy atom. The summed E-state index contributed by atoms with van der Waals surface area (Å²) < 4.78 is 27.1. The van der Waals surface area contributed by atoms with Crippen molar-refractivity contribution in [1.29, 1.82) is 5.26 Å². The molecule has 5 rings (SSSR count). The molecule has 10 heteroatoms. The highest BCUT2D eigenvalue weighted by molar-refractivity contribution is 6.03. The number of nitrogens with zero attached hydrogens (tertiary/aromatic N) is 5. The predicted octanol–water partition coefficient (Wildman–Crippen LogP) is 3.92. The molecule has 1 fully saturated rings. The topological polar surface area (TPSA) is 115 Å². The Bertz CT molecular complexity index is 1480. The monoisotopic (exact) mass is 474 g/mol. The minimum atomic E-state index is -0.642. The van der Waals surface area contributed by atoms with Gasteiger partial charge in [0.25, 0.3) is 0 Å². The molecule has 1 amide bonds. The number of ether oxygens (including phenoxy) is 2. The SMILES string of the molecule is COc1cc(F)c(NC(=O)Cc2nc3cnc4ccc(C#N)cc4c3n2[C@@H]2CCO[C@H](C)C2)cn1. The summed E-state index contributed by atoms with van der Waals surface area (Å²) in [5.74, 6) is -0.416. The number of methoxy groups -OCH3 is 1. The van der Waals surface area contributed by atoms with E-state index in [0.717, 1.165) is 35.3 Å².